The molecule has 0 aliphatic carbocycles. The minimum Gasteiger partial charge on any atom is -0.465 e. The molecule has 5 rings (SSSR count). The summed E-state index contributed by atoms with van der Waals surface area (Å²) in [6.45, 7) is 0. The fraction of sp³-hybridized carbons (Fsp3) is 0.148. The Morgan fingerprint density at radius 2 is 1.40 bits per heavy atom. The molecule has 0 atom stereocenters. The van der Waals surface area contributed by atoms with Gasteiger partial charge < -0.3 is 15.5 Å². The molecule has 0 amide bonds. The maximum absolute atomic E-state index is 13.5. The van der Waals surface area contributed by atoms with Gasteiger partial charge in [-0.2, -0.15) is 51.4 Å². The molecule has 14 nitrogen and oxygen atoms in total. The number of aromatic nitrogens is 6. The van der Waals surface area contributed by atoms with Crippen LogP contribution in [-0.4, -0.2) is 57.8 Å². The second kappa shape index (κ2) is 13.1. The first-order chi connectivity index (χ1) is 22.3. The van der Waals surface area contributed by atoms with Gasteiger partial charge in [-0.15, -0.1) is 0 Å². The third-order valence-electron chi connectivity index (χ3n) is 6.29. The number of hydrogen-bond acceptors (Lipinski definition) is 11. The van der Waals surface area contributed by atoms with Crippen molar-refractivity contribution in [2.75, 3.05) is 23.9 Å². The van der Waals surface area contributed by atoms with Crippen molar-refractivity contribution < 1.29 is 44.3 Å². The molecule has 3 aromatic heterocycles. The van der Waals surface area contributed by atoms with Crippen LogP contribution in [-0.2, 0) is 27.1 Å². The Morgan fingerprint density at radius 3 is 1.85 bits per heavy atom. The maximum Gasteiger partial charge on any atom is 0.417 e. The molecule has 0 saturated carbocycles. The minimum absolute atomic E-state index is 0.0347. The van der Waals surface area contributed by atoms with Crippen molar-refractivity contribution in [1.29, 1.82) is 0 Å². The Morgan fingerprint density at radius 1 is 0.875 bits per heavy atom. The van der Waals surface area contributed by atoms with E-state index in [0.717, 1.165) is 25.4 Å². The van der Waals surface area contributed by atoms with Gasteiger partial charge in [0.05, 0.1) is 65.7 Å². The number of carbonyl (C=O) groups excluding carboxylic acids is 1. The van der Waals surface area contributed by atoms with Crippen LogP contribution in [0.3, 0.4) is 0 Å². The number of sulfonamides is 1. The standard InChI is InChI=1S/C14H10F3N5O4S.C13H10F3N3O2/c1-27(25,26)21-22-12(23)9-4-8(7-2-3-18-19-6-7)10(14(15,16)17)5-11(9)20-13(22)24;1-21-12(20)9-4-8(7-2-3-18-19-6-7)10(5-11(9)17)13(14,15)16/h2-6,21H,1H3,(H,20,24);2-6H,17H2,1H3. The van der Waals surface area contributed by atoms with Gasteiger partial charge in [-0.05, 0) is 47.5 Å². The average Bonchev–Trinajstić information content (AvgIpc) is 3.02. The smallest absolute Gasteiger partial charge is 0.417 e. The third-order valence-corrected chi connectivity index (χ3v) is 6.80. The predicted molar refractivity (Wildman–Crippen MR) is 157 cm³/mol. The van der Waals surface area contributed by atoms with Gasteiger partial charge >= 0.3 is 24.0 Å². The highest BCUT2D eigenvalue weighted by molar-refractivity contribution is 7.91. The number of alkyl halides is 6. The lowest BCUT2D eigenvalue weighted by molar-refractivity contribution is -0.137. The number of esters is 1. The second-order valence-electron chi connectivity index (χ2n) is 9.61. The summed E-state index contributed by atoms with van der Waals surface area (Å²) in [5.41, 5.74) is -0.138. The van der Waals surface area contributed by atoms with Crippen LogP contribution in [0.15, 0.2) is 70.8 Å². The lowest BCUT2D eigenvalue weighted by Crippen LogP contribution is -2.43. The number of nitrogen functional groups attached to an aromatic ring is 1. The summed E-state index contributed by atoms with van der Waals surface area (Å²) in [6.07, 6.45) is -4.02. The zero-order valence-corrected chi connectivity index (χ0v) is 25.0. The number of benzene rings is 2. The highest BCUT2D eigenvalue weighted by Gasteiger charge is 2.36. The summed E-state index contributed by atoms with van der Waals surface area (Å²) in [6, 6.07) is 5.90. The van der Waals surface area contributed by atoms with Gasteiger partial charge in [0.15, 0.2) is 0 Å². The van der Waals surface area contributed by atoms with Crippen molar-refractivity contribution in [2.24, 2.45) is 0 Å². The van der Waals surface area contributed by atoms with E-state index >= 15 is 0 Å². The van der Waals surface area contributed by atoms with Crippen LogP contribution in [0.2, 0.25) is 0 Å². The van der Waals surface area contributed by atoms with Gasteiger partial charge in [-0.1, -0.05) is 0 Å². The molecule has 0 aliphatic heterocycles. The number of methoxy groups -OCH3 is 1. The SMILES string of the molecule is COC(=O)c1cc(-c2ccnnc2)c(C(F)(F)F)cc1N.CS(=O)(=O)Nn1c(=O)[nH]c2cc(C(F)(F)F)c(-c3ccnnc3)cc2c1=O. The van der Waals surface area contributed by atoms with E-state index in [9.17, 15) is 49.1 Å². The molecule has 252 valence electrons. The molecule has 0 bridgehead atoms. The van der Waals surface area contributed by atoms with Gasteiger partial charge in [0.2, 0.25) is 10.0 Å². The summed E-state index contributed by atoms with van der Waals surface area (Å²) in [7, 11) is -2.87. The first kappa shape index (κ1) is 35.0. The minimum atomic E-state index is -4.79. The van der Waals surface area contributed by atoms with Crippen LogP contribution in [0.5, 0.6) is 0 Å². The Bertz CT molecular complexity index is 2230. The molecule has 3 heterocycles. The molecular formula is C27H20F6N8O6S. The van der Waals surface area contributed by atoms with Crippen molar-refractivity contribution in [3.8, 4) is 22.3 Å². The molecule has 0 radical (unpaired) electrons. The van der Waals surface area contributed by atoms with Gasteiger partial charge in [0, 0.05) is 16.8 Å². The molecule has 0 spiro atoms. The summed E-state index contributed by atoms with van der Waals surface area (Å²) in [5, 5.41) is 13.7. The molecule has 4 N–H and O–H groups in total. The molecule has 0 saturated heterocycles. The number of carbonyl (C=O) groups is 1. The van der Waals surface area contributed by atoms with E-state index in [1.54, 1.807) is 4.83 Å². The number of nitrogens with two attached hydrogens (primary N) is 1. The van der Waals surface area contributed by atoms with E-state index in [0.29, 0.717) is 18.4 Å². The van der Waals surface area contributed by atoms with Gasteiger partial charge in [0.1, 0.15) is 0 Å². The van der Waals surface area contributed by atoms with Crippen molar-refractivity contribution in [1.82, 2.24) is 30.1 Å². The fourth-order valence-corrected chi connectivity index (χ4v) is 4.76. The van der Waals surface area contributed by atoms with Crippen LogP contribution < -0.4 is 21.8 Å². The highest BCUT2D eigenvalue weighted by Crippen LogP contribution is 2.40. The largest absolute Gasteiger partial charge is 0.465 e. The number of anilines is 1. The molecular weight excluding hydrogens is 678 g/mol. The normalized spacial score (nSPS) is 11.8. The lowest BCUT2D eigenvalue weighted by atomic mass is 9.97. The average molecular weight is 699 g/mol. The number of halogens is 6. The predicted octanol–water partition coefficient (Wildman–Crippen LogP) is 3.20. The van der Waals surface area contributed by atoms with Crippen molar-refractivity contribution in [2.45, 2.75) is 12.4 Å². The molecule has 0 fully saturated rings. The first-order valence-electron chi connectivity index (χ1n) is 12.8. The number of nitrogens with one attached hydrogen (secondary N) is 2. The first-order valence-corrected chi connectivity index (χ1v) is 14.7. The van der Waals surface area contributed by atoms with E-state index in [4.69, 9.17) is 5.73 Å². The Labute approximate surface area is 264 Å². The van der Waals surface area contributed by atoms with E-state index in [-0.39, 0.29) is 43.6 Å². The monoisotopic (exact) mass is 698 g/mol. The number of H-pyrrole nitrogens is 1. The van der Waals surface area contributed by atoms with Crippen LogP contribution in [0.1, 0.15) is 21.5 Å². The molecule has 48 heavy (non-hydrogen) atoms. The molecule has 5 aromatic rings. The number of ether oxygens (including phenoxy) is 1. The topological polar surface area (TPSA) is 205 Å². The Hall–Kier alpha value is -5.86. The summed E-state index contributed by atoms with van der Waals surface area (Å²) in [5.74, 6) is -0.815. The van der Waals surface area contributed by atoms with Crippen molar-refractivity contribution >= 4 is 32.6 Å². The third kappa shape index (κ3) is 7.74. The Balaban J connectivity index is 0.000000224. The van der Waals surface area contributed by atoms with Crippen LogP contribution in [0.25, 0.3) is 33.2 Å². The molecule has 21 heteroatoms. The van der Waals surface area contributed by atoms with Crippen molar-refractivity contribution in [3.63, 3.8) is 0 Å². The van der Waals surface area contributed by atoms with Gasteiger partial charge in [-0.3, -0.25) is 4.79 Å². The Kier molecular flexibility index (Phi) is 9.55. The lowest BCUT2D eigenvalue weighted by Gasteiger charge is -2.15. The van der Waals surface area contributed by atoms with E-state index in [2.05, 4.69) is 30.1 Å². The number of fused-ring (bicyclic) bond motifs is 1. The summed E-state index contributed by atoms with van der Waals surface area (Å²) in [4.78, 5) is 39.7. The second-order valence-corrected chi connectivity index (χ2v) is 11.3. The van der Waals surface area contributed by atoms with E-state index in [1.807, 2.05) is 0 Å². The van der Waals surface area contributed by atoms with Crippen LogP contribution in [0.4, 0.5) is 32.0 Å². The molecule has 2 aromatic carbocycles. The maximum atomic E-state index is 13.5. The van der Waals surface area contributed by atoms with Crippen LogP contribution >= 0.6 is 0 Å². The van der Waals surface area contributed by atoms with Crippen molar-refractivity contribution in [3.05, 3.63) is 98.7 Å². The quantitative estimate of drug-likeness (QED) is 0.138. The molecule has 0 aliphatic rings. The zero-order valence-electron chi connectivity index (χ0n) is 24.2. The van der Waals surface area contributed by atoms with E-state index in [1.165, 1.54) is 30.7 Å². The number of nitrogens with zero attached hydrogens (tertiary/aromatic N) is 5. The van der Waals surface area contributed by atoms with E-state index < -0.39 is 56.2 Å². The fourth-order valence-electron chi connectivity index (χ4n) is 4.26. The zero-order chi connectivity index (χ0) is 35.6. The number of aromatic amines is 1. The highest BCUT2D eigenvalue weighted by atomic mass is 32.2. The number of hydrogen-bond donors (Lipinski definition) is 3. The number of rotatable bonds is 5. The van der Waals surface area contributed by atoms with Gasteiger partial charge in [-0.25, -0.2) is 22.8 Å². The van der Waals surface area contributed by atoms with Crippen LogP contribution in [0, 0.1) is 0 Å². The molecule has 0 unspecified atom stereocenters. The summed E-state index contributed by atoms with van der Waals surface area (Å²) >= 11 is 0. The van der Waals surface area contributed by atoms with Gasteiger partial charge in [0.25, 0.3) is 5.56 Å². The summed E-state index contributed by atoms with van der Waals surface area (Å²) < 4.78 is 107.